The number of hydrogen-bond acceptors (Lipinski definition) is 3. The monoisotopic (exact) mass is 198 g/mol. The van der Waals surface area contributed by atoms with Crippen molar-refractivity contribution in [1.29, 1.82) is 0 Å². The third-order valence-electron chi connectivity index (χ3n) is 1.65. The summed E-state index contributed by atoms with van der Waals surface area (Å²) in [4.78, 5) is 11.2. The van der Waals surface area contributed by atoms with Crippen LogP contribution in [0.25, 0.3) is 0 Å². The normalized spacial score (nSPS) is 9.64. The van der Waals surface area contributed by atoms with Gasteiger partial charge in [0.1, 0.15) is 17.1 Å². The Morgan fingerprint density at radius 2 is 2.21 bits per heavy atom. The van der Waals surface area contributed by atoms with Crippen LogP contribution < -0.4 is 4.74 Å². The molecule has 0 fully saturated rings. The molecule has 0 saturated heterocycles. The van der Waals surface area contributed by atoms with Crippen LogP contribution in [0.2, 0.25) is 0 Å². The van der Waals surface area contributed by atoms with Crippen LogP contribution in [-0.2, 0) is 4.74 Å². The van der Waals surface area contributed by atoms with Crippen molar-refractivity contribution >= 4 is 5.97 Å². The fraction of sp³-hybridized carbons (Fsp3) is 0.300. The van der Waals surface area contributed by atoms with E-state index in [1.165, 1.54) is 19.2 Å². The summed E-state index contributed by atoms with van der Waals surface area (Å²) in [5, 5.41) is 0. The van der Waals surface area contributed by atoms with Gasteiger partial charge in [0.05, 0.1) is 13.7 Å². The zero-order chi connectivity index (χ0) is 10.6. The third-order valence-corrected chi connectivity index (χ3v) is 1.65. The Kier molecular flexibility index (Phi) is 3.45. The van der Waals surface area contributed by atoms with Gasteiger partial charge >= 0.3 is 5.97 Å². The van der Waals surface area contributed by atoms with E-state index in [0.29, 0.717) is 12.4 Å². The lowest BCUT2D eigenvalue weighted by atomic mass is 10.2. The van der Waals surface area contributed by atoms with E-state index in [0.717, 1.165) is 6.07 Å². The first-order valence-electron chi connectivity index (χ1n) is 4.19. The van der Waals surface area contributed by atoms with Gasteiger partial charge in [-0.15, -0.1) is 0 Å². The van der Waals surface area contributed by atoms with E-state index in [1.807, 2.05) is 0 Å². The molecule has 0 amide bonds. The van der Waals surface area contributed by atoms with E-state index < -0.39 is 11.8 Å². The van der Waals surface area contributed by atoms with Gasteiger partial charge in [-0.1, -0.05) is 0 Å². The molecule has 0 spiro atoms. The Labute approximate surface area is 81.4 Å². The van der Waals surface area contributed by atoms with Crippen molar-refractivity contribution in [2.24, 2.45) is 0 Å². The smallest absolute Gasteiger partial charge is 0.341 e. The summed E-state index contributed by atoms with van der Waals surface area (Å²) in [5.41, 5.74) is 0.106. The molecule has 1 aromatic carbocycles. The summed E-state index contributed by atoms with van der Waals surface area (Å²) in [6.07, 6.45) is 0. The van der Waals surface area contributed by atoms with Gasteiger partial charge in [0, 0.05) is 0 Å². The van der Waals surface area contributed by atoms with E-state index in [9.17, 15) is 9.18 Å². The first-order valence-corrected chi connectivity index (χ1v) is 4.19. The minimum atomic E-state index is -0.604. The summed E-state index contributed by atoms with van der Waals surface area (Å²) in [5.74, 6) is -0.762. The van der Waals surface area contributed by atoms with Crippen LogP contribution in [0.3, 0.4) is 0 Å². The predicted octanol–water partition coefficient (Wildman–Crippen LogP) is 2.01. The number of carbonyl (C=O) groups is 1. The Bertz CT molecular complexity index is 336. The molecule has 0 radical (unpaired) electrons. The Morgan fingerprint density at radius 1 is 1.50 bits per heavy atom. The number of methoxy groups -OCH3 is 1. The van der Waals surface area contributed by atoms with E-state index in [1.54, 1.807) is 6.92 Å². The first-order chi connectivity index (χ1) is 6.69. The molecule has 4 heteroatoms. The van der Waals surface area contributed by atoms with Gasteiger partial charge in [0.25, 0.3) is 0 Å². The molecule has 0 atom stereocenters. The summed E-state index contributed by atoms with van der Waals surface area (Å²) in [6, 6.07) is 3.74. The van der Waals surface area contributed by atoms with Gasteiger partial charge in [-0.2, -0.15) is 0 Å². The van der Waals surface area contributed by atoms with Gasteiger partial charge < -0.3 is 9.47 Å². The van der Waals surface area contributed by atoms with Crippen molar-refractivity contribution in [2.45, 2.75) is 6.92 Å². The molecule has 0 heterocycles. The molecule has 0 bridgehead atoms. The van der Waals surface area contributed by atoms with Gasteiger partial charge in [0.15, 0.2) is 0 Å². The van der Waals surface area contributed by atoms with Crippen LogP contribution in [0.1, 0.15) is 17.3 Å². The maximum atomic E-state index is 12.8. The van der Waals surface area contributed by atoms with Crippen LogP contribution in [0.4, 0.5) is 4.39 Å². The maximum absolute atomic E-state index is 12.8. The lowest BCUT2D eigenvalue weighted by Gasteiger charge is -2.07. The van der Waals surface area contributed by atoms with Crippen molar-refractivity contribution in [1.82, 2.24) is 0 Å². The molecule has 14 heavy (non-hydrogen) atoms. The van der Waals surface area contributed by atoms with Crippen LogP contribution in [0.15, 0.2) is 18.2 Å². The minimum Gasteiger partial charge on any atom is -0.493 e. The molecule has 76 valence electrons. The largest absolute Gasteiger partial charge is 0.493 e. The molecule has 0 saturated carbocycles. The average molecular weight is 198 g/mol. The Hall–Kier alpha value is -1.58. The molecule has 0 unspecified atom stereocenters. The van der Waals surface area contributed by atoms with Gasteiger partial charge in [-0.3, -0.25) is 0 Å². The Balaban J connectivity index is 3.08. The van der Waals surface area contributed by atoms with Crippen LogP contribution in [0.5, 0.6) is 5.75 Å². The molecule has 0 aliphatic heterocycles. The zero-order valence-corrected chi connectivity index (χ0v) is 8.04. The fourth-order valence-electron chi connectivity index (χ4n) is 1.05. The summed E-state index contributed by atoms with van der Waals surface area (Å²) >= 11 is 0. The van der Waals surface area contributed by atoms with Crippen molar-refractivity contribution in [2.75, 3.05) is 13.7 Å². The first kappa shape index (κ1) is 10.5. The molecule has 1 rings (SSSR count). The number of ether oxygens (including phenoxy) is 2. The standard InChI is InChI=1S/C10H11FO3/c1-3-14-9-5-4-7(11)6-8(9)10(12)13-2/h4-6H,3H2,1-2H3. The topological polar surface area (TPSA) is 35.5 Å². The molecule has 0 N–H and O–H groups in total. The number of hydrogen-bond donors (Lipinski definition) is 0. The second kappa shape index (κ2) is 4.60. The number of carbonyl (C=O) groups excluding carboxylic acids is 1. The van der Waals surface area contributed by atoms with Gasteiger partial charge in [-0.05, 0) is 25.1 Å². The van der Waals surface area contributed by atoms with Crippen molar-refractivity contribution in [3.05, 3.63) is 29.6 Å². The quantitative estimate of drug-likeness (QED) is 0.697. The maximum Gasteiger partial charge on any atom is 0.341 e. The molecular weight excluding hydrogens is 187 g/mol. The number of rotatable bonds is 3. The molecule has 3 nitrogen and oxygen atoms in total. The molecule has 1 aromatic rings. The van der Waals surface area contributed by atoms with Gasteiger partial charge in [0.2, 0.25) is 0 Å². The highest BCUT2D eigenvalue weighted by Gasteiger charge is 2.13. The van der Waals surface area contributed by atoms with Crippen LogP contribution in [0, 0.1) is 5.82 Å². The predicted molar refractivity (Wildman–Crippen MR) is 48.9 cm³/mol. The van der Waals surface area contributed by atoms with Crippen molar-refractivity contribution in [3.8, 4) is 5.75 Å². The lowest BCUT2D eigenvalue weighted by Crippen LogP contribution is -2.06. The lowest BCUT2D eigenvalue weighted by molar-refractivity contribution is 0.0595. The molecule has 0 aliphatic carbocycles. The summed E-state index contributed by atoms with van der Waals surface area (Å²) in [6.45, 7) is 2.19. The second-order valence-corrected chi connectivity index (χ2v) is 2.57. The fourth-order valence-corrected chi connectivity index (χ4v) is 1.05. The summed E-state index contributed by atoms with van der Waals surface area (Å²) in [7, 11) is 1.24. The second-order valence-electron chi connectivity index (χ2n) is 2.57. The van der Waals surface area contributed by atoms with Crippen LogP contribution >= 0.6 is 0 Å². The van der Waals surface area contributed by atoms with Gasteiger partial charge in [-0.25, -0.2) is 9.18 Å². The zero-order valence-electron chi connectivity index (χ0n) is 8.04. The summed E-state index contributed by atoms with van der Waals surface area (Å²) < 4.78 is 22.5. The molecule has 0 aliphatic rings. The van der Waals surface area contributed by atoms with E-state index in [2.05, 4.69) is 4.74 Å². The van der Waals surface area contributed by atoms with Crippen LogP contribution in [-0.4, -0.2) is 19.7 Å². The Morgan fingerprint density at radius 3 is 2.79 bits per heavy atom. The molecular formula is C10H11FO3. The van der Waals surface area contributed by atoms with Crippen molar-refractivity contribution in [3.63, 3.8) is 0 Å². The van der Waals surface area contributed by atoms with E-state index >= 15 is 0 Å². The highest BCUT2D eigenvalue weighted by Crippen LogP contribution is 2.20. The third kappa shape index (κ3) is 2.22. The van der Waals surface area contributed by atoms with Crippen molar-refractivity contribution < 1.29 is 18.7 Å². The minimum absolute atomic E-state index is 0.106. The number of benzene rings is 1. The van der Waals surface area contributed by atoms with E-state index in [4.69, 9.17) is 4.74 Å². The molecule has 0 aromatic heterocycles. The SMILES string of the molecule is CCOc1ccc(F)cc1C(=O)OC. The highest BCUT2D eigenvalue weighted by molar-refractivity contribution is 5.92. The number of halogens is 1. The highest BCUT2D eigenvalue weighted by atomic mass is 19.1. The average Bonchev–Trinajstić information content (AvgIpc) is 2.20. The number of esters is 1. The van der Waals surface area contributed by atoms with E-state index in [-0.39, 0.29) is 5.56 Å².